The van der Waals surface area contributed by atoms with Gasteiger partial charge in [0.1, 0.15) is 0 Å². The molecule has 2 nitrogen and oxygen atoms in total. The van der Waals surface area contributed by atoms with E-state index in [2.05, 4.69) is 24.3 Å². The summed E-state index contributed by atoms with van der Waals surface area (Å²) in [6, 6.07) is 20.6. The van der Waals surface area contributed by atoms with Gasteiger partial charge in [-0.3, -0.25) is 0 Å². The fraction of sp³-hybridized carbons (Fsp3) is 0. The molecular formula is C16H10O2Se2. The van der Waals surface area contributed by atoms with Gasteiger partial charge in [-0.15, -0.1) is 0 Å². The van der Waals surface area contributed by atoms with Crippen molar-refractivity contribution in [2.24, 2.45) is 0 Å². The van der Waals surface area contributed by atoms with Gasteiger partial charge < -0.3 is 0 Å². The Labute approximate surface area is 127 Å². The van der Waals surface area contributed by atoms with Crippen molar-refractivity contribution in [3.05, 3.63) is 60.7 Å². The van der Waals surface area contributed by atoms with E-state index in [1.165, 1.54) is 10.8 Å². The molecule has 0 spiro atoms. The normalized spacial score (nSPS) is 11.4. The first-order chi connectivity index (χ1) is 9.88. The third-order valence-corrected chi connectivity index (χ3v) is 9.21. The summed E-state index contributed by atoms with van der Waals surface area (Å²) in [6.07, 6.45) is 0. The van der Waals surface area contributed by atoms with Crippen LogP contribution in [0.15, 0.2) is 69.5 Å². The summed E-state index contributed by atoms with van der Waals surface area (Å²) in [7, 11) is 0. The van der Waals surface area contributed by atoms with Crippen LogP contribution in [0.4, 0.5) is 0 Å². The Hall–Kier alpha value is -1.44. The zero-order valence-electron chi connectivity index (χ0n) is 10.4. The molecule has 4 aromatic rings. The molecule has 0 unspecified atom stereocenters. The van der Waals surface area contributed by atoms with Crippen molar-refractivity contribution in [3.63, 3.8) is 0 Å². The standard InChI is InChI=1S/C16H10O2Se2/c1-3-7-13-11(5-1)9-15(17-13)19-20-16-10-12-6-2-4-8-14(12)18-16/h1-10H. The van der Waals surface area contributed by atoms with Crippen LogP contribution < -0.4 is 9.32 Å². The number of hydrogen-bond acceptors (Lipinski definition) is 2. The third-order valence-electron chi connectivity index (χ3n) is 3.01. The van der Waals surface area contributed by atoms with Crippen molar-refractivity contribution in [1.82, 2.24) is 0 Å². The molecule has 4 rings (SSSR count). The molecule has 20 heavy (non-hydrogen) atoms. The molecule has 0 radical (unpaired) electrons. The van der Waals surface area contributed by atoms with E-state index in [0.717, 1.165) is 20.5 Å². The van der Waals surface area contributed by atoms with E-state index in [-0.39, 0.29) is 0 Å². The average molecular weight is 392 g/mol. The van der Waals surface area contributed by atoms with Crippen molar-refractivity contribution in [2.45, 2.75) is 0 Å². The molecule has 98 valence electrons. The van der Waals surface area contributed by atoms with Crippen LogP contribution in [0, 0.1) is 0 Å². The minimum absolute atomic E-state index is 0.319. The van der Waals surface area contributed by atoms with Gasteiger partial charge in [-0.25, -0.2) is 0 Å². The molecule has 0 aliphatic heterocycles. The Morgan fingerprint density at radius 1 is 0.600 bits per heavy atom. The van der Waals surface area contributed by atoms with Crippen LogP contribution in [0.2, 0.25) is 0 Å². The van der Waals surface area contributed by atoms with Crippen molar-refractivity contribution in [3.8, 4) is 0 Å². The van der Waals surface area contributed by atoms with E-state index in [1.807, 2.05) is 36.4 Å². The average Bonchev–Trinajstić information content (AvgIpc) is 3.07. The van der Waals surface area contributed by atoms with Crippen molar-refractivity contribution < 1.29 is 8.83 Å². The van der Waals surface area contributed by atoms with Crippen molar-refractivity contribution >= 4 is 57.5 Å². The fourth-order valence-corrected chi connectivity index (χ4v) is 7.26. The number of para-hydroxylation sites is 2. The molecule has 0 aliphatic rings. The Bertz CT molecular complexity index is 736. The van der Waals surface area contributed by atoms with E-state index in [4.69, 9.17) is 8.83 Å². The molecule has 2 aromatic heterocycles. The summed E-state index contributed by atoms with van der Waals surface area (Å²) in [5.74, 6) is 0. The summed E-state index contributed by atoms with van der Waals surface area (Å²) < 4.78 is 13.9. The van der Waals surface area contributed by atoms with E-state index in [1.54, 1.807) is 0 Å². The molecule has 4 heteroatoms. The number of benzene rings is 2. The summed E-state index contributed by atoms with van der Waals surface area (Å²) in [6.45, 7) is 0. The maximum absolute atomic E-state index is 5.87. The first-order valence-electron chi connectivity index (χ1n) is 6.20. The van der Waals surface area contributed by atoms with Gasteiger partial charge in [0.25, 0.3) is 0 Å². The minimum atomic E-state index is 0.319. The van der Waals surface area contributed by atoms with Gasteiger partial charge >= 0.3 is 127 Å². The van der Waals surface area contributed by atoms with Crippen LogP contribution in [0.25, 0.3) is 21.9 Å². The SMILES string of the molecule is c1ccc2oc([Se][Se]c3cc4ccccc4o3)cc2c1. The Balaban J connectivity index is 1.57. The molecule has 0 amide bonds. The zero-order chi connectivity index (χ0) is 13.4. The summed E-state index contributed by atoms with van der Waals surface area (Å²) >= 11 is 0.639. The summed E-state index contributed by atoms with van der Waals surface area (Å²) in [5.41, 5.74) is 1.95. The second-order valence-corrected chi connectivity index (χ2v) is 10.4. The molecular weight excluding hydrogens is 382 g/mol. The van der Waals surface area contributed by atoms with Gasteiger partial charge in [-0.2, -0.15) is 0 Å². The van der Waals surface area contributed by atoms with Crippen molar-refractivity contribution in [1.29, 1.82) is 0 Å². The molecule has 0 saturated carbocycles. The second kappa shape index (κ2) is 5.16. The summed E-state index contributed by atoms with van der Waals surface area (Å²) in [4.78, 5) is 0. The molecule has 0 atom stereocenters. The van der Waals surface area contributed by atoms with Crippen LogP contribution >= 0.6 is 0 Å². The first-order valence-corrected chi connectivity index (χ1v) is 12.2. The van der Waals surface area contributed by atoms with Gasteiger partial charge in [-0.1, -0.05) is 0 Å². The topological polar surface area (TPSA) is 26.3 Å². The van der Waals surface area contributed by atoms with Crippen LogP contribution in [-0.2, 0) is 0 Å². The molecule has 0 bridgehead atoms. The molecule has 2 heterocycles. The van der Waals surface area contributed by atoms with Crippen LogP contribution in [-0.4, -0.2) is 26.3 Å². The number of hydrogen-bond donors (Lipinski definition) is 0. The van der Waals surface area contributed by atoms with E-state index >= 15 is 0 Å². The van der Waals surface area contributed by atoms with Gasteiger partial charge in [-0.05, 0) is 0 Å². The predicted molar refractivity (Wildman–Crippen MR) is 83.2 cm³/mol. The van der Waals surface area contributed by atoms with Crippen LogP contribution in [0.3, 0.4) is 0 Å². The molecule has 2 aromatic carbocycles. The fourth-order valence-electron chi connectivity index (χ4n) is 2.08. The summed E-state index contributed by atoms with van der Waals surface area (Å²) in [5, 5.41) is 2.37. The molecule has 0 N–H and O–H groups in total. The van der Waals surface area contributed by atoms with E-state index in [0.29, 0.717) is 26.3 Å². The molecule has 0 aliphatic carbocycles. The number of fused-ring (bicyclic) bond motifs is 2. The van der Waals surface area contributed by atoms with Crippen LogP contribution in [0.5, 0.6) is 0 Å². The predicted octanol–water partition coefficient (Wildman–Crippen LogP) is 2.45. The first kappa shape index (κ1) is 12.3. The second-order valence-electron chi connectivity index (χ2n) is 4.37. The zero-order valence-corrected chi connectivity index (χ0v) is 13.8. The monoisotopic (exact) mass is 394 g/mol. The van der Waals surface area contributed by atoms with Gasteiger partial charge in [0.15, 0.2) is 0 Å². The van der Waals surface area contributed by atoms with Crippen LogP contribution in [0.1, 0.15) is 0 Å². The Kier molecular flexibility index (Phi) is 3.17. The number of furan rings is 2. The van der Waals surface area contributed by atoms with Gasteiger partial charge in [0, 0.05) is 0 Å². The maximum atomic E-state index is 5.87. The van der Waals surface area contributed by atoms with Gasteiger partial charge in [0.2, 0.25) is 0 Å². The van der Waals surface area contributed by atoms with Crippen molar-refractivity contribution in [2.75, 3.05) is 0 Å². The quantitative estimate of drug-likeness (QED) is 0.501. The molecule has 0 fully saturated rings. The third kappa shape index (κ3) is 2.32. The Morgan fingerprint density at radius 3 is 1.50 bits per heavy atom. The van der Waals surface area contributed by atoms with Gasteiger partial charge in [0.05, 0.1) is 0 Å². The number of rotatable bonds is 3. The Morgan fingerprint density at radius 2 is 1.05 bits per heavy atom. The van der Waals surface area contributed by atoms with E-state index in [9.17, 15) is 0 Å². The van der Waals surface area contributed by atoms with E-state index < -0.39 is 0 Å². The molecule has 0 saturated heterocycles.